The number of benzene rings is 1. The van der Waals surface area contributed by atoms with E-state index in [4.69, 9.17) is 4.74 Å². The van der Waals surface area contributed by atoms with E-state index in [1.807, 2.05) is 39.0 Å². The second-order valence-electron chi connectivity index (χ2n) is 5.50. The van der Waals surface area contributed by atoms with E-state index in [2.05, 4.69) is 20.7 Å². The van der Waals surface area contributed by atoms with E-state index < -0.39 is 5.41 Å². The molecule has 0 bridgehead atoms. The number of halogens is 1. The van der Waals surface area contributed by atoms with Crippen LogP contribution in [0, 0.1) is 5.41 Å². The van der Waals surface area contributed by atoms with Crippen molar-refractivity contribution in [3.05, 3.63) is 33.8 Å². The minimum absolute atomic E-state index is 0.204. The average molecular weight is 343 g/mol. The molecule has 0 unspecified atom stereocenters. The molecule has 4 nitrogen and oxygen atoms in total. The Bertz CT molecular complexity index is 503. The molecule has 0 heterocycles. The second-order valence-corrected chi connectivity index (χ2v) is 6.36. The van der Waals surface area contributed by atoms with Crippen LogP contribution in [0.4, 0.5) is 0 Å². The van der Waals surface area contributed by atoms with Crippen molar-refractivity contribution in [3.63, 3.8) is 0 Å². The molecule has 20 heavy (non-hydrogen) atoms. The molecule has 5 heteroatoms. The summed E-state index contributed by atoms with van der Waals surface area (Å²) in [4.78, 5) is 22.9. The maximum atomic E-state index is 11.7. The van der Waals surface area contributed by atoms with Gasteiger partial charge in [-0.3, -0.25) is 9.59 Å². The Morgan fingerprint density at radius 1 is 1.25 bits per heavy atom. The van der Waals surface area contributed by atoms with Gasteiger partial charge in [0.25, 0.3) is 0 Å². The van der Waals surface area contributed by atoms with Crippen LogP contribution >= 0.6 is 15.9 Å². The molecule has 0 aliphatic heterocycles. The molecule has 0 saturated heterocycles. The van der Waals surface area contributed by atoms with Gasteiger partial charge in [-0.15, -0.1) is 0 Å². The third kappa shape index (κ3) is 4.96. The van der Waals surface area contributed by atoms with Crippen LogP contribution in [0.25, 0.3) is 0 Å². The van der Waals surface area contributed by atoms with E-state index in [9.17, 15) is 9.59 Å². The number of carbonyl (C=O) groups is 2. The summed E-state index contributed by atoms with van der Waals surface area (Å²) in [6.45, 7) is 5.63. The molecule has 110 valence electrons. The van der Waals surface area contributed by atoms with Crippen molar-refractivity contribution in [1.82, 2.24) is 0 Å². The lowest BCUT2D eigenvalue weighted by Crippen LogP contribution is -2.22. The zero-order valence-corrected chi connectivity index (χ0v) is 13.7. The molecule has 0 atom stereocenters. The molecule has 0 fully saturated rings. The first-order valence-electron chi connectivity index (χ1n) is 6.25. The number of carbonyl (C=O) groups excluding carboxylic acids is 2. The van der Waals surface area contributed by atoms with Crippen LogP contribution in [0.15, 0.2) is 22.7 Å². The largest absolute Gasteiger partial charge is 0.469 e. The fourth-order valence-electron chi connectivity index (χ4n) is 1.42. The zero-order valence-electron chi connectivity index (χ0n) is 12.2. The summed E-state index contributed by atoms with van der Waals surface area (Å²) in [5.41, 5.74) is 1.18. The third-order valence-corrected chi connectivity index (χ3v) is 3.40. The molecule has 0 saturated carbocycles. The summed E-state index contributed by atoms with van der Waals surface area (Å²) in [6.07, 6.45) is 0.219. The highest BCUT2D eigenvalue weighted by atomic mass is 79.9. The van der Waals surface area contributed by atoms with Crippen LogP contribution in [0.3, 0.4) is 0 Å². The number of hydrogen-bond donors (Lipinski definition) is 0. The average Bonchev–Trinajstić information content (AvgIpc) is 2.36. The Kier molecular flexibility index (Phi) is 5.74. The summed E-state index contributed by atoms with van der Waals surface area (Å²) >= 11 is 3.42. The molecular weight excluding hydrogens is 324 g/mol. The maximum absolute atomic E-state index is 11.7. The van der Waals surface area contributed by atoms with Crippen LogP contribution in [0.2, 0.25) is 0 Å². The van der Waals surface area contributed by atoms with Crippen molar-refractivity contribution in [2.45, 2.75) is 33.8 Å². The number of hydrogen-bond acceptors (Lipinski definition) is 4. The van der Waals surface area contributed by atoms with Gasteiger partial charge in [-0.2, -0.15) is 0 Å². The summed E-state index contributed by atoms with van der Waals surface area (Å²) in [7, 11) is 1.36. The van der Waals surface area contributed by atoms with Gasteiger partial charge in [0, 0.05) is 10.0 Å². The maximum Gasteiger partial charge on any atom is 0.311 e. The topological polar surface area (TPSA) is 52.6 Å². The summed E-state index contributed by atoms with van der Waals surface area (Å²) in [6, 6.07) is 5.48. The van der Waals surface area contributed by atoms with Crippen LogP contribution in [-0.4, -0.2) is 19.0 Å². The SMILES string of the molecule is COC(=O)Cc1ccc(COC(=O)C(C)(C)C)c(Br)c1. The van der Waals surface area contributed by atoms with Crippen molar-refractivity contribution in [2.75, 3.05) is 7.11 Å². The molecule has 0 spiro atoms. The molecule has 1 aromatic carbocycles. The quantitative estimate of drug-likeness (QED) is 0.788. The molecule has 0 aromatic heterocycles. The van der Waals surface area contributed by atoms with Crippen molar-refractivity contribution in [1.29, 1.82) is 0 Å². The highest BCUT2D eigenvalue weighted by Gasteiger charge is 2.23. The predicted octanol–water partition coefficient (Wildman–Crippen LogP) is 3.25. The number of rotatable bonds is 4. The highest BCUT2D eigenvalue weighted by molar-refractivity contribution is 9.10. The van der Waals surface area contributed by atoms with Gasteiger partial charge in [-0.05, 0) is 32.4 Å². The van der Waals surface area contributed by atoms with Crippen molar-refractivity contribution < 1.29 is 19.1 Å². The van der Waals surface area contributed by atoms with E-state index in [0.717, 1.165) is 15.6 Å². The van der Waals surface area contributed by atoms with E-state index in [1.54, 1.807) is 0 Å². The molecule has 0 aliphatic rings. The lowest BCUT2D eigenvalue weighted by molar-refractivity contribution is -0.154. The van der Waals surface area contributed by atoms with E-state index in [1.165, 1.54) is 7.11 Å². The summed E-state index contributed by atoms with van der Waals surface area (Å²) in [5.74, 6) is -0.535. The van der Waals surface area contributed by atoms with Gasteiger partial charge in [0.15, 0.2) is 0 Å². The van der Waals surface area contributed by atoms with E-state index in [-0.39, 0.29) is 25.0 Å². The monoisotopic (exact) mass is 342 g/mol. The number of ether oxygens (including phenoxy) is 2. The Labute approximate surface area is 127 Å². The van der Waals surface area contributed by atoms with E-state index in [0.29, 0.717) is 0 Å². The van der Waals surface area contributed by atoms with Crippen molar-refractivity contribution >= 4 is 27.9 Å². The normalized spacial score (nSPS) is 11.1. The van der Waals surface area contributed by atoms with E-state index >= 15 is 0 Å². The van der Waals surface area contributed by atoms with Gasteiger partial charge in [0.05, 0.1) is 18.9 Å². The number of esters is 2. The van der Waals surface area contributed by atoms with Gasteiger partial charge in [-0.25, -0.2) is 0 Å². The predicted molar refractivity (Wildman–Crippen MR) is 79.1 cm³/mol. The Morgan fingerprint density at radius 3 is 2.40 bits per heavy atom. The van der Waals surface area contributed by atoms with Gasteiger partial charge in [0.1, 0.15) is 6.61 Å². The Morgan fingerprint density at radius 2 is 1.90 bits per heavy atom. The minimum atomic E-state index is -0.517. The first-order valence-corrected chi connectivity index (χ1v) is 7.04. The first kappa shape index (κ1) is 16.7. The smallest absolute Gasteiger partial charge is 0.311 e. The van der Waals surface area contributed by atoms with Gasteiger partial charge >= 0.3 is 11.9 Å². The second kappa shape index (κ2) is 6.88. The van der Waals surface area contributed by atoms with Crippen molar-refractivity contribution in [3.8, 4) is 0 Å². The molecule has 1 aromatic rings. The van der Waals surface area contributed by atoms with Crippen LogP contribution < -0.4 is 0 Å². The van der Waals surface area contributed by atoms with Crippen LogP contribution in [0.5, 0.6) is 0 Å². The molecule has 0 N–H and O–H groups in total. The van der Waals surface area contributed by atoms with Crippen molar-refractivity contribution in [2.24, 2.45) is 5.41 Å². The van der Waals surface area contributed by atoms with Gasteiger partial charge in [0.2, 0.25) is 0 Å². The summed E-state index contributed by atoms with van der Waals surface area (Å²) in [5, 5.41) is 0. The lowest BCUT2D eigenvalue weighted by atomic mass is 9.97. The van der Waals surface area contributed by atoms with Gasteiger partial charge < -0.3 is 9.47 Å². The number of methoxy groups -OCH3 is 1. The van der Waals surface area contributed by atoms with Crippen LogP contribution in [0.1, 0.15) is 31.9 Å². The highest BCUT2D eigenvalue weighted by Crippen LogP contribution is 2.22. The fourth-order valence-corrected chi connectivity index (χ4v) is 1.96. The first-order chi connectivity index (χ1) is 9.24. The molecule has 0 amide bonds. The Hall–Kier alpha value is -1.36. The lowest BCUT2D eigenvalue weighted by Gasteiger charge is -2.17. The molecular formula is C15H19BrO4. The summed E-state index contributed by atoms with van der Waals surface area (Å²) < 4.78 is 10.7. The molecule has 0 radical (unpaired) electrons. The minimum Gasteiger partial charge on any atom is -0.469 e. The van der Waals surface area contributed by atoms with Crippen LogP contribution in [-0.2, 0) is 32.1 Å². The standard InChI is InChI=1S/C15H19BrO4/c1-15(2,3)14(18)20-9-11-6-5-10(7-12(11)16)8-13(17)19-4/h5-7H,8-9H2,1-4H3. The van der Waals surface area contributed by atoms with Gasteiger partial charge in [-0.1, -0.05) is 28.1 Å². The zero-order chi connectivity index (χ0) is 15.3. The molecule has 1 rings (SSSR count). The third-order valence-electron chi connectivity index (χ3n) is 2.66. The fraction of sp³-hybridized carbons (Fsp3) is 0.467. The molecule has 0 aliphatic carbocycles. The Balaban J connectivity index is 2.69.